The molecule has 0 bridgehead atoms. The topological polar surface area (TPSA) is 50.1 Å². The van der Waals surface area contributed by atoms with Gasteiger partial charge in [-0.05, 0) is 48.9 Å². The fourth-order valence-corrected chi connectivity index (χ4v) is 1.62. The summed E-state index contributed by atoms with van der Waals surface area (Å²) in [5.74, 6) is -0.125. The molecule has 0 fully saturated rings. The molecule has 0 aromatic heterocycles. The maximum Gasteiger partial charge on any atom is 0.167 e. The largest absolute Gasteiger partial charge is 0.454 e. The molecule has 0 radical (unpaired) electrons. The van der Waals surface area contributed by atoms with Gasteiger partial charge < -0.3 is 4.74 Å². The van der Waals surface area contributed by atoms with E-state index >= 15 is 0 Å². The predicted molar refractivity (Wildman–Crippen MR) is 67.8 cm³/mol. The SMILES string of the molecule is Cc1cc(Oc2ccc(C#N)cc2F)ccc1C=O. The Balaban J connectivity index is 2.29. The minimum Gasteiger partial charge on any atom is -0.454 e. The summed E-state index contributed by atoms with van der Waals surface area (Å²) < 4.78 is 19.0. The van der Waals surface area contributed by atoms with Crippen molar-refractivity contribution in [2.45, 2.75) is 6.92 Å². The zero-order valence-corrected chi connectivity index (χ0v) is 10.2. The van der Waals surface area contributed by atoms with Crippen molar-refractivity contribution < 1.29 is 13.9 Å². The molecule has 2 aromatic rings. The third-order valence-corrected chi connectivity index (χ3v) is 2.66. The van der Waals surface area contributed by atoms with Crippen molar-refractivity contribution in [1.29, 1.82) is 5.26 Å². The molecule has 3 nitrogen and oxygen atoms in total. The van der Waals surface area contributed by atoms with Crippen LogP contribution in [0.1, 0.15) is 21.5 Å². The Morgan fingerprint density at radius 3 is 2.63 bits per heavy atom. The Kier molecular flexibility index (Phi) is 3.58. The number of aldehydes is 1. The minimum atomic E-state index is -0.601. The van der Waals surface area contributed by atoms with E-state index in [0.717, 1.165) is 17.9 Å². The molecule has 4 heteroatoms. The second kappa shape index (κ2) is 5.32. The van der Waals surface area contributed by atoms with Crippen molar-refractivity contribution in [3.63, 3.8) is 0 Å². The average Bonchev–Trinajstić information content (AvgIpc) is 2.41. The first-order valence-corrected chi connectivity index (χ1v) is 5.57. The van der Waals surface area contributed by atoms with E-state index in [0.29, 0.717) is 11.3 Å². The standard InChI is InChI=1S/C15H10FNO2/c1-10-6-13(4-3-12(10)9-18)19-15-5-2-11(8-17)7-14(15)16/h2-7,9H,1H3. The quantitative estimate of drug-likeness (QED) is 0.787. The number of halogens is 1. The fraction of sp³-hybridized carbons (Fsp3) is 0.0667. The van der Waals surface area contributed by atoms with Crippen LogP contribution in [-0.4, -0.2) is 6.29 Å². The monoisotopic (exact) mass is 255 g/mol. The highest BCUT2D eigenvalue weighted by Gasteiger charge is 2.07. The minimum absolute atomic E-state index is 0.0391. The number of nitriles is 1. The summed E-state index contributed by atoms with van der Waals surface area (Å²) in [6.07, 6.45) is 0.751. The summed E-state index contributed by atoms with van der Waals surface area (Å²) in [4.78, 5) is 10.7. The molecule has 2 rings (SSSR count). The number of benzene rings is 2. The lowest BCUT2D eigenvalue weighted by atomic mass is 10.1. The number of hydrogen-bond donors (Lipinski definition) is 0. The fourth-order valence-electron chi connectivity index (χ4n) is 1.62. The number of ether oxygens (including phenoxy) is 1. The number of rotatable bonds is 3. The lowest BCUT2D eigenvalue weighted by Gasteiger charge is -2.08. The van der Waals surface area contributed by atoms with Gasteiger partial charge in [-0.3, -0.25) is 4.79 Å². The Labute approximate surface area is 109 Å². The van der Waals surface area contributed by atoms with Crippen LogP contribution in [0.25, 0.3) is 0 Å². The van der Waals surface area contributed by atoms with Crippen LogP contribution in [0.3, 0.4) is 0 Å². The van der Waals surface area contributed by atoms with Crippen molar-refractivity contribution in [2.24, 2.45) is 0 Å². The summed E-state index contributed by atoms with van der Waals surface area (Å²) in [5.41, 5.74) is 1.55. The van der Waals surface area contributed by atoms with Gasteiger partial charge >= 0.3 is 0 Å². The van der Waals surface area contributed by atoms with Gasteiger partial charge in [0.15, 0.2) is 11.6 Å². The van der Waals surface area contributed by atoms with E-state index in [4.69, 9.17) is 10.00 Å². The van der Waals surface area contributed by atoms with Gasteiger partial charge in [-0.1, -0.05) is 0 Å². The van der Waals surface area contributed by atoms with Crippen molar-refractivity contribution >= 4 is 6.29 Å². The number of carbonyl (C=O) groups excluding carboxylic acids is 1. The molecule has 2 aromatic carbocycles. The second-order valence-corrected chi connectivity index (χ2v) is 4.00. The first-order chi connectivity index (χ1) is 9.13. The molecule has 0 aliphatic rings. The number of aryl methyl sites for hydroxylation is 1. The lowest BCUT2D eigenvalue weighted by Crippen LogP contribution is -1.92. The molecular weight excluding hydrogens is 245 g/mol. The van der Waals surface area contributed by atoms with Gasteiger partial charge in [0.25, 0.3) is 0 Å². The van der Waals surface area contributed by atoms with Crippen LogP contribution >= 0.6 is 0 Å². The van der Waals surface area contributed by atoms with E-state index in [1.807, 2.05) is 6.07 Å². The average molecular weight is 255 g/mol. The van der Waals surface area contributed by atoms with Gasteiger partial charge in [-0.25, -0.2) is 4.39 Å². The van der Waals surface area contributed by atoms with Crippen LogP contribution in [0.5, 0.6) is 11.5 Å². The Morgan fingerprint density at radius 1 is 1.26 bits per heavy atom. The predicted octanol–water partition coefficient (Wildman–Crippen LogP) is 3.61. The molecule has 0 spiro atoms. The zero-order chi connectivity index (χ0) is 13.8. The van der Waals surface area contributed by atoms with Crippen molar-refractivity contribution in [2.75, 3.05) is 0 Å². The maximum absolute atomic E-state index is 13.6. The van der Waals surface area contributed by atoms with Gasteiger partial charge in [0, 0.05) is 5.56 Å². The summed E-state index contributed by atoms with van der Waals surface area (Å²) in [7, 11) is 0. The van der Waals surface area contributed by atoms with E-state index in [1.54, 1.807) is 25.1 Å². The van der Waals surface area contributed by atoms with Gasteiger partial charge in [0.1, 0.15) is 12.0 Å². The van der Waals surface area contributed by atoms with Crippen molar-refractivity contribution in [1.82, 2.24) is 0 Å². The maximum atomic E-state index is 13.6. The number of hydrogen-bond acceptors (Lipinski definition) is 3. The van der Waals surface area contributed by atoms with Crippen LogP contribution in [0.4, 0.5) is 4.39 Å². The van der Waals surface area contributed by atoms with E-state index in [1.165, 1.54) is 12.1 Å². The molecule has 0 amide bonds. The summed E-state index contributed by atoms with van der Waals surface area (Å²) >= 11 is 0. The van der Waals surface area contributed by atoms with Crippen LogP contribution < -0.4 is 4.74 Å². The van der Waals surface area contributed by atoms with Crippen molar-refractivity contribution in [3.8, 4) is 17.6 Å². The van der Waals surface area contributed by atoms with E-state index in [9.17, 15) is 9.18 Å². The van der Waals surface area contributed by atoms with E-state index in [2.05, 4.69) is 0 Å². The highest BCUT2D eigenvalue weighted by atomic mass is 19.1. The molecule has 0 saturated carbocycles. The van der Waals surface area contributed by atoms with Crippen LogP contribution in [0, 0.1) is 24.1 Å². The van der Waals surface area contributed by atoms with Gasteiger partial charge in [-0.15, -0.1) is 0 Å². The highest BCUT2D eigenvalue weighted by molar-refractivity contribution is 5.77. The molecule has 94 valence electrons. The van der Waals surface area contributed by atoms with Crippen LogP contribution in [0.2, 0.25) is 0 Å². The molecule has 19 heavy (non-hydrogen) atoms. The highest BCUT2D eigenvalue weighted by Crippen LogP contribution is 2.26. The molecule has 0 heterocycles. The zero-order valence-electron chi connectivity index (χ0n) is 10.2. The van der Waals surface area contributed by atoms with Crippen LogP contribution in [0.15, 0.2) is 36.4 Å². The van der Waals surface area contributed by atoms with Crippen LogP contribution in [-0.2, 0) is 0 Å². The normalized spacial score (nSPS) is 9.74. The third kappa shape index (κ3) is 2.78. The number of nitrogens with zero attached hydrogens (tertiary/aromatic N) is 1. The summed E-state index contributed by atoms with van der Waals surface area (Å²) in [6, 6.07) is 10.7. The van der Waals surface area contributed by atoms with E-state index in [-0.39, 0.29) is 11.3 Å². The molecule has 0 aliphatic heterocycles. The molecule has 0 saturated heterocycles. The summed E-state index contributed by atoms with van der Waals surface area (Å²) in [6.45, 7) is 1.77. The Hall–Kier alpha value is -2.67. The Bertz CT molecular complexity index is 674. The molecule has 0 atom stereocenters. The second-order valence-electron chi connectivity index (χ2n) is 4.00. The van der Waals surface area contributed by atoms with Gasteiger partial charge in [-0.2, -0.15) is 5.26 Å². The van der Waals surface area contributed by atoms with Gasteiger partial charge in [0.2, 0.25) is 0 Å². The summed E-state index contributed by atoms with van der Waals surface area (Å²) in [5, 5.41) is 8.65. The van der Waals surface area contributed by atoms with Gasteiger partial charge in [0.05, 0.1) is 11.6 Å². The first kappa shape index (κ1) is 12.8. The van der Waals surface area contributed by atoms with Crippen molar-refractivity contribution in [3.05, 3.63) is 58.9 Å². The first-order valence-electron chi connectivity index (χ1n) is 5.57. The molecule has 0 aliphatic carbocycles. The van der Waals surface area contributed by atoms with E-state index < -0.39 is 5.82 Å². The third-order valence-electron chi connectivity index (χ3n) is 2.66. The molecule has 0 N–H and O–H groups in total. The molecular formula is C15H10FNO2. The lowest BCUT2D eigenvalue weighted by molar-refractivity contribution is 0.112. The molecule has 0 unspecified atom stereocenters. The number of carbonyl (C=O) groups is 1. The smallest absolute Gasteiger partial charge is 0.167 e. The Morgan fingerprint density at radius 2 is 2.05 bits per heavy atom.